The van der Waals surface area contributed by atoms with E-state index in [2.05, 4.69) is 10.2 Å². The fraction of sp³-hybridized carbons (Fsp3) is 0.625. The predicted octanol–water partition coefficient (Wildman–Crippen LogP) is 0.0578. The van der Waals surface area contributed by atoms with Gasteiger partial charge in [-0.15, -0.1) is 10.2 Å². The van der Waals surface area contributed by atoms with Crippen molar-refractivity contribution >= 4 is 11.9 Å². The van der Waals surface area contributed by atoms with E-state index in [9.17, 15) is 4.79 Å². The maximum absolute atomic E-state index is 11.3. The van der Waals surface area contributed by atoms with Crippen molar-refractivity contribution < 1.29 is 9.53 Å². The van der Waals surface area contributed by atoms with E-state index in [-0.39, 0.29) is 5.82 Å². The van der Waals surface area contributed by atoms with Crippen LogP contribution in [0.4, 0.5) is 5.95 Å². The monoisotopic (exact) mass is 198 g/mol. The Morgan fingerprint density at radius 1 is 1.50 bits per heavy atom. The van der Waals surface area contributed by atoms with Gasteiger partial charge in [0, 0.05) is 21.1 Å². The fourth-order valence-electron chi connectivity index (χ4n) is 1.08. The normalized spacial score (nSPS) is 10.0. The molecule has 14 heavy (non-hydrogen) atoms. The van der Waals surface area contributed by atoms with E-state index in [1.807, 2.05) is 14.1 Å². The van der Waals surface area contributed by atoms with Crippen LogP contribution in [0.1, 0.15) is 17.5 Å². The number of hydrogen-bond donors (Lipinski definition) is 0. The third-order valence-electron chi connectivity index (χ3n) is 1.71. The quantitative estimate of drug-likeness (QED) is 0.643. The van der Waals surface area contributed by atoms with Crippen molar-refractivity contribution in [3.05, 3.63) is 5.82 Å². The molecule has 1 heterocycles. The van der Waals surface area contributed by atoms with E-state index >= 15 is 0 Å². The molecular formula is C8H14N4O2. The van der Waals surface area contributed by atoms with E-state index in [0.29, 0.717) is 12.6 Å². The minimum Gasteiger partial charge on any atom is -0.460 e. The van der Waals surface area contributed by atoms with Gasteiger partial charge in [-0.2, -0.15) is 0 Å². The Morgan fingerprint density at radius 3 is 2.57 bits per heavy atom. The van der Waals surface area contributed by atoms with Gasteiger partial charge in [0.1, 0.15) is 0 Å². The highest BCUT2D eigenvalue weighted by molar-refractivity contribution is 5.85. The highest BCUT2D eigenvalue weighted by Gasteiger charge is 2.17. The zero-order valence-electron chi connectivity index (χ0n) is 8.81. The molecule has 0 aliphatic heterocycles. The molecule has 0 bridgehead atoms. The summed E-state index contributed by atoms with van der Waals surface area (Å²) in [6.45, 7) is 2.09. The lowest BCUT2D eigenvalue weighted by Crippen LogP contribution is -2.17. The first-order chi connectivity index (χ1) is 6.57. The molecule has 0 aliphatic rings. The van der Waals surface area contributed by atoms with Crippen molar-refractivity contribution in [3.8, 4) is 0 Å². The van der Waals surface area contributed by atoms with Gasteiger partial charge < -0.3 is 9.64 Å². The lowest BCUT2D eigenvalue weighted by molar-refractivity contribution is 0.0507. The molecule has 0 amide bonds. The number of nitrogens with zero attached hydrogens (tertiary/aromatic N) is 4. The van der Waals surface area contributed by atoms with Crippen LogP contribution < -0.4 is 4.90 Å². The number of carbonyl (C=O) groups is 1. The molecule has 0 saturated carbocycles. The zero-order valence-corrected chi connectivity index (χ0v) is 8.81. The molecule has 1 rings (SSSR count). The van der Waals surface area contributed by atoms with Gasteiger partial charge in [0.2, 0.25) is 11.8 Å². The van der Waals surface area contributed by atoms with Crippen LogP contribution in [0.25, 0.3) is 0 Å². The summed E-state index contributed by atoms with van der Waals surface area (Å²) in [5.74, 6) is 0.388. The van der Waals surface area contributed by atoms with E-state index in [0.717, 1.165) is 0 Å². The Hall–Kier alpha value is -1.59. The molecular weight excluding hydrogens is 184 g/mol. The first-order valence-electron chi connectivity index (χ1n) is 4.31. The average molecular weight is 198 g/mol. The number of rotatable bonds is 3. The van der Waals surface area contributed by atoms with Crippen LogP contribution in [0.2, 0.25) is 0 Å². The molecule has 6 nitrogen and oxygen atoms in total. The molecule has 6 heteroatoms. The van der Waals surface area contributed by atoms with Gasteiger partial charge in [-0.3, -0.25) is 4.57 Å². The van der Waals surface area contributed by atoms with Crippen LogP contribution in [0.15, 0.2) is 0 Å². The van der Waals surface area contributed by atoms with Crippen molar-refractivity contribution in [2.24, 2.45) is 7.05 Å². The van der Waals surface area contributed by atoms with Crippen LogP contribution in [-0.2, 0) is 11.8 Å². The summed E-state index contributed by atoms with van der Waals surface area (Å²) in [5, 5.41) is 7.61. The Balaban J connectivity index is 2.95. The van der Waals surface area contributed by atoms with Gasteiger partial charge in [-0.25, -0.2) is 4.79 Å². The molecule has 0 saturated heterocycles. The fourth-order valence-corrected chi connectivity index (χ4v) is 1.08. The maximum Gasteiger partial charge on any atom is 0.376 e. The molecule has 0 radical (unpaired) electrons. The standard InChI is InChI=1S/C8H14N4O2/c1-5-14-7(13)6-9-10-8(11(2)3)12(6)4/h5H2,1-4H3. The Kier molecular flexibility index (Phi) is 3.06. The van der Waals surface area contributed by atoms with E-state index in [1.165, 1.54) is 0 Å². The number of ether oxygens (including phenoxy) is 1. The lowest BCUT2D eigenvalue weighted by atomic mass is 10.6. The third-order valence-corrected chi connectivity index (χ3v) is 1.71. The molecule has 0 atom stereocenters. The van der Waals surface area contributed by atoms with Gasteiger partial charge in [-0.1, -0.05) is 0 Å². The van der Waals surface area contributed by atoms with E-state index < -0.39 is 5.97 Å². The second kappa shape index (κ2) is 4.08. The molecule has 1 aromatic heterocycles. The predicted molar refractivity (Wildman–Crippen MR) is 51.3 cm³/mol. The molecule has 0 spiro atoms. The smallest absolute Gasteiger partial charge is 0.376 e. The molecule has 0 unspecified atom stereocenters. The summed E-state index contributed by atoms with van der Waals surface area (Å²) in [6.07, 6.45) is 0. The van der Waals surface area contributed by atoms with Crippen LogP contribution in [0.3, 0.4) is 0 Å². The molecule has 0 N–H and O–H groups in total. The van der Waals surface area contributed by atoms with Crippen LogP contribution >= 0.6 is 0 Å². The van der Waals surface area contributed by atoms with Crippen molar-refractivity contribution in [1.82, 2.24) is 14.8 Å². The topological polar surface area (TPSA) is 60.2 Å². The number of aromatic nitrogens is 3. The number of hydrogen-bond acceptors (Lipinski definition) is 5. The minimum atomic E-state index is -0.449. The van der Waals surface area contributed by atoms with Crippen LogP contribution in [0.5, 0.6) is 0 Å². The summed E-state index contributed by atoms with van der Waals surface area (Å²) < 4.78 is 6.42. The summed E-state index contributed by atoms with van der Waals surface area (Å²) >= 11 is 0. The second-order valence-electron chi connectivity index (χ2n) is 3.00. The zero-order chi connectivity index (χ0) is 10.7. The summed E-state index contributed by atoms with van der Waals surface area (Å²) in [5.41, 5.74) is 0. The van der Waals surface area contributed by atoms with Crippen molar-refractivity contribution in [1.29, 1.82) is 0 Å². The Labute approximate surface area is 82.5 Å². The highest BCUT2D eigenvalue weighted by atomic mass is 16.5. The van der Waals surface area contributed by atoms with Crippen LogP contribution in [0, 0.1) is 0 Å². The van der Waals surface area contributed by atoms with Crippen molar-refractivity contribution in [2.75, 3.05) is 25.6 Å². The second-order valence-corrected chi connectivity index (χ2v) is 3.00. The first kappa shape index (κ1) is 10.5. The summed E-state index contributed by atoms with van der Waals surface area (Å²) in [7, 11) is 5.39. The van der Waals surface area contributed by atoms with E-state index in [1.54, 1.807) is 23.4 Å². The molecule has 0 fully saturated rings. The highest BCUT2D eigenvalue weighted by Crippen LogP contribution is 2.08. The largest absolute Gasteiger partial charge is 0.460 e. The van der Waals surface area contributed by atoms with Crippen LogP contribution in [-0.4, -0.2) is 41.4 Å². The number of anilines is 1. The van der Waals surface area contributed by atoms with Crippen molar-refractivity contribution in [2.45, 2.75) is 6.92 Å². The summed E-state index contributed by atoms with van der Waals surface area (Å²) in [4.78, 5) is 13.1. The van der Waals surface area contributed by atoms with Gasteiger partial charge >= 0.3 is 5.97 Å². The molecule has 1 aromatic rings. The molecule has 0 aliphatic carbocycles. The van der Waals surface area contributed by atoms with Crippen molar-refractivity contribution in [3.63, 3.8) is 0 Å². The Morgan fingerprint density at radius 2 is 2.14 bits per heavy atom. The van der Waals surface area contributed by atoms with E-state index in [4.69, 9.17) is 4.74 Å². The molecule has 78 valence electrons. The lowest BCUT2D eigenvalue weighted by Gasteiger charge is -2.10. The SMILES string of the molecule is CCOC(=O)c1nnc(N(C)C)n1C. The number of esters is 1. The minimum absolute atomic E-state index is 0.218. The van der Waals surface area contributed by atoms with Gasteiger partial charge in [0.25, 0.3) is 0 Å². The first-order valence-corrected chi connectivity index (χ1v) is 4.31. The Bertz CT molecular complexity index is 332. The average Bonchev–Trinajstić information content (AvgIpc) is 2.47. The van der Waals surface area contributed by atoms with Gasteiger partial charge in [-0.05, 0) is 6.92 Å². The third kappa shape index (κ3) is 1.84. The molecule has 0 aromatic carbocycles. The maximum atomic E-state index is 11.3. The number of carbonyl (C=O) groups excluding carboxylic acids is 1. The van der Waals surface area contributed by atoms with Gasteiger partial charge in [0.15, 0.2) is 0 Å². The summed E-state index contributed by atoms with van der Waals surface area (Å²) in [6, 6.07) is 0. The van der Waals surface area contributed by atoms with Gasteiger partial charge in [0.05, 0.1) is 6.61 Å².